The van der Waals surface area contributed by atoms with Crippen LogP contribution >= 0.6 is 0 Å². The van der Waals surface area contributed by atoms with Crippen molar-refractivity contribution in [3.63, 3.8) is 0 Å². The van der Waals surface area contributed by atoms with Crippen molar-refractivity contribution in [1.82, 2.24) is 0 Å². The van der Waals surface area contributed by atoms with E-state index in [1.165, 1.54) is 43.0 Å². The maximum Gasteiger partial charge on any atom is 0.182 e. The minimum absolute atomic E-state index is 1.34. The molecule has 0 saturated heterocycles. The largest absolute Gasteiger partial charge is 0.182 e. The highest BCUT2D eigenvalue weighted by Crippen LogP contribution is 2.40. The average molecular weight is 349 g/mol. The molecule has 0 saturated carbocycles. The highest BCUT2D eigenvalue weighted by Gasteiger charge is 2.53. The average Bonchev–Trinajstić information content (AvgIpc) is 3.15. The fourth-order valence-electron chi connectivity index (χ4n) is 4.96. The van der Waals surface area contributed by atoms with Crippen LogP contribution in [0.1, 0.15) is 12.5 Å². The topological polar surface area (TPSA) is 0 Å². The number of fused-ring (bicyclic) bond motifs is 7. The Morgan fingerprint density at radius 1 is 0.692 bits per heavy atom. The molecular formula is C25H20Si. The Kier molecular flexibility index (Phi) is 3.28. The van der Waals surface area contributed by atoms with Crippen LogP contribution in [0.3, 0.4) is 0 Å². The summed E-state index contributed by atoms with van der Waals surface area (Å²) in [6, 6.07) is 26.9. The zero-order chi connectivity index (χ0) is 17.7. The maximum atomic E-state index is 4.27. The first kappa shape index (κ1) is 15.4. The summed E-state index contributed by atoms with van der Waals surface area (Å²) in [5, 5.41) is 5.93. The molecule has 0 unspecified atom stereocenters. The summed E-state index contributed by atoms with van der Waals surface area (Å²) >= 11 is 0. The van der Waals surface area contributed by atoms with Crippen molar-refractivity contribution in [2.24, 2.45) is 0 Å². The predicted molar refractivity (Wildman–Crippen MR) is 115 cm³/mol. The summed E-state index contributed by atoms with van der Waals surface area (Å²) in [5.74, 6) is 0. The van der Waals surface area contributed by atoms with E-state index in [2.05, 4.69) is 105 Å². The number of hydrogen-bond donors (Lipinski definition) is 0. The van der Waals surface area contributed by atoms with E-state index in [0.717, 1.165) is 0 Å². The van der Waals surface area contributed by atoms with E-state index >= 15 is 0 Å². The van der Waals surface area contributed by atoms with Crippen LogP contribution in [0.25, 0.3) is 16.7 Å². The minimum atomic E-state index is -2.25. The van der Waals surface area contributed by atoms with Crippen molar-refractivity contribution < 1.29 is 0 Å². The number of allylic oxidation sites excluding steroid dienone is 5. The molecule has 2 aliphatic rings. The lowest BCUT2D eigenvalue weighted by Gasteiger charge is -2.28. The van der Waals surface area contributed by atoms with Crippen molar-refractivity contribution in [2.45, 2.75) is 6.92 Å². The lowest BCUT2D eigenvalue weighted by atomic mass is 10.1. The van der Waals surface area contributed by atoms with Crippen LogP contribution in [0.4, 0.5) is 0 Å². The standard InChI is InChI=1S/C25H20Si/c1-3-11-18-19-12-5-8-15-23(19)26(22(18)4-2)24-16-9-6-13-20(24)21-14-7-10-17-25(21)26/h3-17H,2H2,1H3/b11-3-. The van der Waals surface area contributed by atoms with Gasteiger partial charge in [-0.1, -0.05) is 97.6 Å². The third-order valence-corrected chi connectivity index (χ3v) is 10.8. The van der Waals surface area contributed by atoms with Crippen LogP contribution in [-0.2, 0) is 0 Å². The van der Waals surface area contributed by atoms with E-state index < -0.39 is 8.07 Å². The van der Waals surface area contributed by atoms with Gasteiger partial charge in [0.15, 0.2) is 8.07 Å². The maximum absolute atomic E-state index is 4.27. The molecule has 124 valence electrons. The van der Waals surface area contributed by atoms with Crippen LogP contribution in [-0.4, -0.2) is 8.07 Å². The van der Waals surface area contributed by atoms with Crippen molar-refractivity contribution in [3.8, 4) is 11.1 Å². The SMILES string of the molecule is C=CC1=C(/C=C\C)c2ccccc2[Si]12c1ccccc1-c1ccccc12. The summed E-state index contributed by atoms with van der Waals surface area (Å²) in [5.41, 5.74) is 5.51. The van der Waals surface area contributed by atoms with Gasteiger partial charge in [-0.25, -0.2) is 0 Å². The van der Waals surface area contributed by atoms with Crippen molar-refractivity contribution in [2.75, 3.05) is 0 Å². The molecule has 1 spiro atoms. The molecule has 0 fully saturated rings. The van der Waals surface area contributed by atoms with Gasteiger partial charge < -0.3 is 0 Å². The fourth-order valence-corrected chi connectivity index (χ4v) is 10.5. The molecule has 0 radical (unpaired) electrons. The first-order valence-corrected chi connectivity index (χ1v) is 11.1. The minimum Gasteiger partial charge on any atom is -0.0991 e. The van der Waals surface area contributed by atoms with Crippen LogP contribution in [0.5, 0.6) is 0 Å². The van der Waals surface area contributed by atoms with Crippen molar-refractivity contribution >= 4 is 29.2 Å². The molecule has 1 heteroatoms. The van der Waals surface area contributed by atoms with E-state index in [0.29, 0.717) is 0 Å². The Labute approximate surface area is 155 Å². The summed E-state index contributed by atoms with van der Waals surface area (Å²) in [6.07, 6.45) is 6.54. The van der Waals surface area contributed by atoms with Gasteiger partial charge in [0, 0.05) is 0 Å². The van der Waals surface area contributed by atoms with Gasteiger partial charge in [0.2, 0.25) is 0 Å². The summed E-state index contributed by atoms with van der Waals surface area (Å²) < 4.78 is 0. The van der Waals surface area contributed by atoms with E-state index in [1.54, 1.807) is 0 Å². The van der Waals surface area contributed by atoms with Gasteiger partial charge in [-0.3, -0.25) is 0 Å². The van der Waals surface area contributed by atoms with Crippen LogP contribution in [0, 0.1) is 0 Å². The molecule has 0 amide bonds. The van der Waals surface area contributed by atoms with E-state index in [4.69, 9.17) is 0 Å². The lowest BCUT2D eigenvalue weighted by Crippen LogP contribution is -2.64. The molecular weight excluding hydrogens is 328 g/mol. The normalized spacial score (nSPS) is 16.0. The van der Waals surface area contributed by atoms with Crippen molar-refractivity contribution in [3.05, 3.63) is 108 Å². The van der Waals surface area contributed by atoms with Gasteiger partial charge in [-0.15, -0.1) is 0 Å². The van der Waals surface area contributed by atoms with Gasteiger partial charge in [-0.2, -0.15) is 0 Å². The number of hydrogen-bond acceptors (Lipinski definition) is 0. The first-order chi connectivity index (χ1) is 12.8. The molecule has 0 aliphatic carbocycles. The van der Waals surface area contributed by atoms with Crippen LogP contribution in [0.15, 0.2) is 103 Å². The van der Waals surface area contributed by atoms with Gasteiger partial charge >= 0.3 is 0 Å². The molecule has 0 atom stereocenters. The summed E-state index contributed by atoms with van der Waals surface area (Å²) in [4.78, 5) is 0. The molecule has 2 heterocycles. The second kappa shape index (κ2) is 5.55. The lowest BCUT2D eigenvalue weighted by molar-refractivity contribution is 1.66. The fraction of sp³-hybridized carbons (Fsp3) is 0.0400. The number of rotatable bonds is 2. The molecule has 0 bridgehead atoms. The second-order valence-corrected chi connectivity index (χ2v) is 10.6. The monoisotopic (exact) mass is 348 g/mol. The molecule has 26 heavy (non-hydrogen) atoms. The molecule has 0 aromatic heterocycles. The summed E-state index contributed by atoms with van der Waals surface area (Å²) in [7, 11) is -2.25. The van der Waals surface area contributed by atoms with Gasteiger partial charge in [-0.05, 0) is 49.9 Å². The zero-order valence-electron chi connectivity index (χ0n) is 14.9. The Balaban J connectivity index is 2.02. The third-order valence-electron chi connectivity index (χ3n) is 5.81. The van der Waals surface area contributed by atoms with Gasteiger partial charge in [0.05, 0.1) is 0 Å². The van der Waals surface area contributed by atoms with E-state index in [9.17, 15) is 0 Å². The van der Waals surface area contributed by atoms with Crippen LogP contribution in [0.2, 0.25) is 0 Å². The summed E-state index contributed by atoms with van der Waals surface area (Å²) in [6.45, 7) is 6.36. The van der Waals surface area contributed by atoms with Crippen LogP contribution < -0.4 is 15.6 Å². The molecule has 0 nitrogen and oxygen atoms in total. The predicted octanol–water partition coefficient (Wildman–Crippen LogP) is 4.21. The first-order valence-electron chi connectivity index (χ1n) is 9.13. The highest BCUT2D eigenvalue weighted by molar-refractivity contribution is 7.20. The van der Waals surface area contributed by atoms with Crippen molar-refractivity contribution in [1.29, 1.82) is 0 Å². The highest BCUT2D eigenvalue weighted by atomic mass is 28.3. The molecule has 5 rings (SSSR count). The Morgan fingerprint density at radius 2 is 1.15 bits per heavy atom. The molecule has 2 aliphatic heterocycles. The Bertz CT molecular complexity index is 1070. The molecule has 0 N–H and O–H groups in total. The quantitative estimate of drug-likeness (QED) is 0.609. The molecule has 3 aromatic carbocycles. The smallest absolute Gasteiger partial charge is 0.0991 e. The van der Waals surface area contributed by atoms with E-state index in [-0.39, 0.29) is 0 Å². The van der Waals surface area contributed by atoms with Gasteiger partial charge in [0.25, 0.3) is 0 Å². The number of benzene rings is 3. The molecule has 3 aromatic rings. The van der Waals surface area contributed by atoms with Gasteiger partial charge in [0.1, 0.15) is 0 Å². The Morgan fingerprint density at radius 3 is 1.65 bits per heavy atom. The third kappa shape index (κ3) is 1.69. The zero-order valence-corrected chi connectivity index (χ0v) is 15.9. The van der Waals surface area contributed by atoms with E-state index in [1.807, 2.05) is 0 Å². The Hall–Kier alpha value is -2.90. The second-order valence-electron chi connectivity index (χ2n) is 6.92.